The fraction of sp³-hybridized carbons (Fsp3) is 0.286. The van der Waals surface area contributed by atoms with Crippen LogP contribution >= 0.6 is 0 Å². The van der Waals surface area contributed by atoms with E-state index < -0.39 is 5.97 Å². The zero-order valence-electron chi connectivity index (χ0n) is 16.0. The lowest BCUT2D eigenvalue weighted by molar-refractivity contribution is -0.116. The van der Waals surface area contributed by atoms with Crippen LogP contribution in [0.2, 0.25) is 0 Å². The Balaban J connectivity index is 1.73. The lowest BCUT2D eigenvalue weighted by Gasteiger charge is -2.08. The van der Waals surface area contributed by atoms with Crippen molar-refractivity contribution in [2.45, 2.75) is 33.4 Å². The van der Waals surface area contributed by atoms with Crippen molar-refractivity contribution in [1.82, 2.24) is 9.13 Å². The number of hydrogen-bond acceptors (Lipinski definition) is 4. The molecule has 28 heavy (non-hydrogen) atoms. The first-order valence-electron chi connectivity index (χ1n) is 9.30. The average molecular weight is 381 g/mol. The second kappa shape index (κ2) is 8.56. The van der Waals surface area contributed by atoms with Gasteiger partial charge in [0.15, 0.2) is 0 Å². The maximum absolute atomic E-state index is 12.6. The molecule has 0 unspecified atom stereocenters. The highest BCUT2D eigenvalue weighted by Crippen LogP contribution is 2.14. The fourth-order valence-corrected chi connectivity index (χ4v) is 3.04. The number of esters is 1. The first kappa shape index (κ1) is 19.4. The van der Waals surface area contributed by atoms with Gasteiger partial charge in [-0.05, 0) is 49.7 Å². The fourth-order valence-electron chi connectivity index (χ4n) is 3.04. The Hall–Kier alpha value is -3.35. The van der Waals surface area contributed by atoms with E-state index in [1.807, 2.05) is 38.1 Å². The smallest absolute Gasteiger partial charge is 0.338 e. The van der Waals surface area contributed by atoms with Gasteiger partial charge in [0.25, 0.3) is 0 Å². The molecule has 2 aromatic carbocycles. The number of hydrogen-bond donors (Lipinski definition) is 1. The summed E-state index contributed by atoms with van der Waals surface area (Å²) < 4.78 is 8.18. The van der Waals surface area contributed by atoms with Crippen molar-refractivity contribution in [3.05, 3.63) is 64.6 Å². The lowest BCUT2D eigenvalue weighted by atomic mass is 10.2. The van der Waals surface area contributed by atoms with Crippen molar-refractivity contribution >= 4 is 28.6 Å². The number of ether oxygens (including phenoxy) is 1. The van der Waals surface area contributed by atoms with Gasteiger partial charge in [-0.2, -0.15) is 0 Å². The molecule has 3 rings (SSSR count). The van der Waals surface area contributed by atoms with Gasteiger partial charge in [0.1, 0.15) is 6.54 Å². The van der Waals surface area contributed by atoms with Gasteiger partial charge in [0.05, 0.1) is 23.2 Å². The van der Waals surface area contributed by atoms with Crippen LogP contribution < -0.4 is 11.0 Å². The Kier molecular flexibility index (Phi) is 5.93. The number of nitrogens with zero attached hydrogens (tertiary/aromatic N) is 2. The molecular formula is C21H23N3O4. The number of carbonyl (C=O) groups is 2. The largest absolute Gasteiger partial charge is 0.462 e. The molecule has 0 radical (unpaired) electrons. The number of benzene rings is 2. The molecular weight excluding hydrogens is 358 g/mol. The first-order chi connectivity index (χ1) is 13.5. The van der Waals surface area contributed by atoms with Crippen LogP contribution in [-0.2, 0) is 22.6 Å². The number of anilines is 1. The van der Waals surface area contributed by atoms with Crippen molar-refractivity contribution in [2.24, 2.45) is 0 Å². The number of imidazole rings is 1. The van der Waals surface area contributed by atoms with Crippen LogP contribution in [0, 0.1) is 0 Å². The third-order valence-electron chi connectivity index (χ3n) is 4.38. The van der Waals surface area contributed by atoms with Crippen molar-refractivity contribution < 1.29 is 14.3 Å². The van der Waals surface area contributed by atoms with Crippen LogP contribution in [-0.4, -0.2) is 27.6 Å². The maximum atomic E-state index is 12.6. The molecule has 7 nitrogen and oxygen atoms in total. The first-order valence-corrected chi connectivity index (χ1v) is 9.30. The number of amides is 1. The van der Waals surface area contributed by atoms with Gasteiger partial charge in [0, 0.05) is 12.2 Å². The van der Waals surface area contributed by atoms with Crippen LogP contribution in [0.5, 0.6) is 0 Å². The van der Waals surface area contributed by atoms with Crippen molar-refractivity contribution in [1.29, 1.82) is 0 Å². The maximum Gasteiger partial charge on any atom is 0.338 e. The third kappa shape index (κ3) is 3.98. The number of aryl methyl sites for hydroxylation is 1. The van der Waals surface area contributed by atoms with Gasteiger partial charge in [-0.3, -0.25) is 13.9 Å². The van der Waals surface area contributed by atoms with E-state index in [0.29, 0.717) is 24.4 Å². The van der Waals surface area contributed by atoms with Crippen molar-refractivity contribution in [3.8, 4) is 0 Å². The van der Waals surface area contributed by atoms with Gasteiger partial charge in [0.2, 0.25) is 5.91 Å². The van der Waals surface area contributed by atoms with Crippen LogP contribution in [0.4, 0.5) is 5.69 Å². The molecule has 3 aromatic rings. The molecule has 1 aromatic heterocycles. The number of para-hydroxylation sites is 2. The molecule has 0 fully saturated rings. The molecule has 0 spiro atoms. The zero-order valence-corrected chi connectivity index (χ0v) is 16.0. The summed E-state index contributed by atoms with van der Waals surface area (Å²) in [5.74, 6) is -0.707. The van der Waals surface area contributed by atoms with E-state index in [0.717, 1.165) is 17.5 Å². The minimum atomic E-state index is -0.390. The van der Waals surface area contributed by atoms with Crippen LogP contribution in [0.1, 0.15) is 30.6 Å². The van der Waals surface area contributed by atoms with Crippen LogP contribution in [0.25, 0.3) is 11.0 Å². The van der Waals surface area contributed by atoms with E-state index in [-0.39, 0.29) is 18.1 Å². The third-order valence-corrected chi connectivity index (χ3v) is 4.38. The van der Waals surface area contributed by atoms with Crippen LogP contribution in [0.3, 0.4) is 0 Å². The zero-order chi connectivity index (χ0) is 20.1. The monoisotopic (exact) mass is 381 g/mol. The molecule has 0 aliphatic carbocycles. The van der Waals surface area contributed by atoms with Crippen molar-refractivity contribution in [2.75, 3.05) is 11.9 Å². The summed E-state index contributed by atoms with van der Waals surface area (Å²) in [4.78, 5) is 36.9. The van der Waals surface area contributed by atoms with Gasteiger partial charge in [-0.25, -0.2) is 9.59 Å². The summed E-state index contributed by atoms with van der Waals surface area (Å²) in [6.07, 6.45) is 0.758. The van der Waals surface area contributed by atoms with E-state index in [1.165, 1.54) is 4.57 Å². The minimum Gasteiger partial charge on any atom is -0.462 e. The second-order valence-corrected chi connectivity index (χ2v) is 6.36. The number of aromatic nitrogens is 2. The predicted octanol–water partition coefficient (Wildman–Crippen LogP) is 3.03. The Bertz CT molecular complexity index is 1050. The number of rotatable bonds is 7. The molecule has 0 saturated heterocycles. The number of carbonyl (C=O) groups excluding carboxylic acids is 2. The second-order valence-electron chi connectivity index (χ2n) is 6.36. The Morgan fingerprint density at radius 3 is 2.21 bits per heavy atom. The van der Waals surface area contributed by atoms with E-state index in [1.54, 1.807) is 28.8 Å². The Morgan fingerprint density at radius 2 is 1.61 bits per heavy atom. The Morgan fingerprint density at radius 1 is 0.964 bits per heavy atom. The van der Waals surface area contributed by atoms with E-state index in [9.17, 15) is 14.4 Å². The summed E-state index contributed by atoms with van der Waals surface area (Å²) in [6, 6.07) is 13.9. The highest BCUT2D eigenvalue weighted by atomic mass is 16.5. The molecule has 146 valence electrons. The predicted molar refractivity (Wildman–Crippen MR) is 108 cm³/mol. The molecule has 7 heteroatoms. The summed E-state index contributed by atoms with van der Waals surface area (Å²) >= 11 is 0. The highest BCUT2D eigenvalue weighted by Gasteiger charge is 2.14. The number of fused-ring (bicyclic) bond motifs is 1. The van der Waals surface area contributed by atoms with Crippen molar-refractivity contribution in [3.63, 3.8) is 0 Å². The molecule has 0 bridgehead atoms. The molecule has 1 amide bonds. The molecule has 1 heterocycles. The van der Waals surface area contributed by atoms with E-state index in [4.69, 9.17) is 4.74 Å². The Labute approximate surface area is 162 Å². The average Bonchev–Trinajstić information content (AvgIpc) is 2.97. The summed E-state index contributed by atoms with van der Waals surface area (Å²) in [6.45, 7) is 4.63. The summed E-state index contributed by atoms with van der Waals surface area (Å²) in [5, 5.41) is 2.76. The minimum absolute atomic E-state index is 0.0906. The number of nitrogens with one attached hydrogen (secondary N) is 1. The molecule has 1 N–H and O–H groups in total. The SMILES string of the molecule is CCCOC(=O)c1ccc(NC(=O)Cn2c(=O)n(CC)c3ccccc32)cc1. The van der Waals surface area contributed by atoms with Gasteiger partial charge >= 0.3 is 11.7 Å². The lowest BCUT2D eigenvalue weighted by Crippen LogP contribution is -2.29. The van der Waals surface area contributed by atoms with E-state index >= 15 is 0 Å². The standard InChI is InChI=1S/C21H23N3O4/c1-3-13-28-20(26)15-9-11-16(12-10-15)22-19(25)14-24-18-8-6-5-7-17(18)23(4-2)21(24)27/h5-12H,3-4,13-14H2,1-2H3,(H,22,25). The van der Waals surface area contributed by atoms with Gasteiger partial charge in [-0.1, -0.05) is 19.1 Å². The summed E-state index contributed by atoms with van der Waals surface area (Å²) in [5.41, 5.74) is 2.28. The molecule has 0 saturated carbocycles. The highest BCUT2D eigenvalue weighted by molar-refractivity contribution is 5.93. The summed E-state index contributed by atoms with van der Waals surface area (Å²) in [7, 11) is 0. The normalized spacial score (nSPS) is 10.8. The molecule has 0 aliphatic rings. The molecule has 0 aliphatic heterocycles. The van der Waals surface area contributed by atoms with E-state index in [2.05, 4.69) is 5.32 Å². The molecule has 0 atom stereocenters. The quantitative estimate of drug-likeness (QED) is 0.638. The van der Waals surface area contributed by atoms with Gasteiger partial charge < -0.3 is 10.1 Å². The topological polar surface area (TPSA) is 82.3 Å². The van der Waals surface area contributed by atoms with Crippen LogP contribution in [0.15, 0.2) is 53.3 Å². The van der Waals surface area contributed by atoms with Gasteiger partial charge in [-0.15, -0.1) is 0 Å².